The van der Waals surface area contributed by atoms with Crippen molar-refractivity contribution in [3.63, 3.8) is 0 Å². The van der Waals surface area contributed by atoms with Crippen molar-refractivity contribution < 1.29 is 4.79 Å². The van der Waals surface area contributed by atoms with E-state index in [0.29, 0.717) is 23.8 Å². The Bertz CT molecular complexity index is 636. The highest BCUT2D eigenvalue weighted by molar-refractivity contribution is 5.94. The summed E-state index contributed by atoms with van der Waals surface area (Å²) in [5.41, 5.74) is 1.41. The topological polar surface area (TPSA) is 86.8 Å². The van der Waals surface area contributed by atoms with Gasteiger partial charge in [0.2, 0.25) is 0 Å². The molecular formula is C14H20N6O. The highest BCUT2D eigenvalue weighted by Crippen LogP contribution is 2.13. The number of amides is 1. The fraction of sp³-hybridized carbons (Fsp3) is 0.429. The number of carbonyl (C=O) groups is 1. The number of pyridine rings is 1. The number of aryl methyl sites for hydroxylation is 2. The van der Waals surface area contributed by atoms with Crippen LogP contribution in [0, 0.1) is 13.8 Å². The van der Waals surface area contributed by atoms with Crippen molar-refractivity contribution in [2.75, 3.05) is 18.9 Å². The first-order chi connectivity index (χ1) is 9.99. The molecule has 2 aromatic heterocycles. The minimum Gasteiger partial charge on any atom is -0.370 e. The third-order valence-electron chi connectivity index (χ3n) is 2.93. The molecule has 0 unspecified atom stereocenters. The predicted octanol–water partition coefficient (Wildman–Crippen LogP) is 1.52. The maximum absolute atomic E-state index is 12.5. The van der Waals surface area contributed by atoms with Crippen molar-refractivity contribution in [3.8, 4) is 0 Å². The van der Waals surface area contributed by atoms with Crippen molar-refractivity contribution in [1.82, 2.24) is 25.1 Å². The lowest BCUT2D eigenvalue weighted by molar-refractivity contribution is 0.0781. The van der Waals surface area contributed by atoms with Crippen LogP contribution in [0.5, 0.6) is 0 Å². The van der Waals surface area contributed by atoms with Gasteiger partial charge < -0.3 is 10.2 Å². The van der Waals surface area contributed by atoms with Crippen LogP contribution in [0.2, 0.25) is 0 Å². The molecule has 1 amide bonds. The van der Waals surface area contributed by atoms with Gasteiger partial charge in [-0.2, -0.15) is 5.10 Å². The van der Waals surface area contributed by atoms with E-state index < -0.39 is 0 Å². The average molecular weight is 288 g/mol. The number of aromatic amines is 1. The average Bonchev–Trinajstić information content (AvgIpc) is 2.83. The molecule has 0 aliphatic carbocycles. The first kappa shape index (κ1) is 15.0. The van der Waals surface area contributed by atoms with E-state index in [9.17, 15) is 4.79 Å². The molecule has 0 aromatic carbocycles. The number of hydrogen-bond donors (Lipinski definition) is 2. The smallest absolute Gasteiger partial charge is 0.254 e. The normalized spacial score (nSPS) is 10.5. The molecule has 0 atom stereocenters. The third-order valence-corrected chi connectivity index (χ3v) is 2.93. The predicted molar refractivity (Wildman–Crippen MR) is 80.1 cm³/mol. The lowest BCUT2D eigenvalue weighted by Gasteiger charge is -2.16. The summed E-state index contributed by atoms with van der Waals surface area (Å²) in [6, 6.07) is 3.54. The van der Waals surface area contributed by atoms with Crippen LogP contribution >= 0.6 is 0 Å². The quantitative estimate of drug-likeness (QED) is 0.871. The summed E-state index contributed by atoms with van der Waals surface area (Å²) in [6.45, 7) is 6.81. The molecule has 112 valence electrons. The van der Waals surface area contributed by atoms with Crippen molar-refractivity contribution in [2.24, 2.45) is 0 Å². The van der Waals surface area contributed by atoms with Crippen LogP contribution in [0.3, 0.4) is 0 Å². The first-order valence-corrected chi connectivity index (χ1v) is 6.85. The Labute approximate surface area is 123 Å². The second-order valence-electron chi connectivity index (χ2n) is 4.91. The highest BCUT2D eigenvalue weighted by Gasteiger charge is 2.15. The van der Waals surface area contributed by atoms with E-state index in [-0.39, 0.29) is 5.91 Å². The lowest BCUT2D eigenvalue weighted by atomic mass is 10.2. The Balaban J connectivity index is 2.14. The van der Waals surface area contributed by atoms with Gasteiger partial charge in [-0.3, -0.25) is 9.89 Å². The van der Waals surface area contributed by atoms with Crippen LogP contribution in [0.1, 0.15) is 34.6 Å². The molecule has 0 saturated carbocycles. The first-order valence-electron chi connectivity index (χ1n) is 6.85. The van der Waals surface area contributed by atoms with Crippen LogP contribution in [-0.4, -0.2) is 44.6 Å². The van der Waals surface area contributed by atoms with Gasteiger partial charge in [0.15, 0.2) is 5.82 Å². The molecule has 0 spiro atoms. The number of carbonyl (C=O) groups excluding carboxylic acids is 1. The zero-order chi connectivity index (χ0) is 15.4. The number of nitrogens with zero attached hydrogens (tertiary/aromatic N) is 4. The molecule has 0 aliphatic rings. The molecule has 0 fully saturated rings. The van der Waals surface area contributed by atoms with Crippen LogP contribution in [0.4, 0.5) is 5.82 Å². The third kappa shape index (κ3) is 3.77. The molecule has 2 rings (SSSR count). The Kier molecular flexibility index (Phi) is 4.52. The Morgan fingerprint density at radius 1 is 1.33 bits per heavy atom. The van der Waals surface area contributed by atoms with Gasteiger partial charge in [0, 0.05) is 24.8 Å². The summed E-state index contributed by atoms with van der Waals surface area (Å²) < 4.78 is 0. The molecular weight excluding hydrogens is 268 g/mol. The number of rotatable bonds is 5. The summed E-state index contributed by atoms with van der Waals surface area (Å²) in [6.07, 6.45) is 0. The molecule has 7 nitrogen and oxygen atoms in total. The number of H-pyrrole nitrogens is 1. The summed E-state index contributed by atoms with van der Waals surface area (Å²) in [7, 11) is 1.73. The van der Waals surface area contributed by atoms with Gasteiger partial charge in [0.05, 0.1) is 6.54 Å². The van der Waals surface area contributed by atoms with Crippen LogP contribution in [0.25, 0.3) is 0 Å². The Morgan fingerprint density at radius 2 is 2.10 bits per heavy atom. The fourth-order valence-corrected chi connectivity index (χ4v) is 2.03. The fourth-order valence-electron chi connectivity index (χ4n) is 2.03. The van der Waals surface area contributed by atoms with Gasteiger partial charge in [0.25, 0.3) is 5.91 Å². The molecule has 0 bridgehead atoms. The van der Waals surface area contributed by atoms with E-state index in [1.54, 1.807) is 24.1 Å². The summed E-state index contributed by atoms with van der Waals surface area (Å²) >= 11 is 0. The molecule has 2 N–H and O–H groups in total. The van der Waals surface area contributed by atoms with Gasteiger partial charge in [-0.25, -0.2) is 9.97 Å². The standard InChI is InChI=1S/C14H20N6O/c1-5-15-12-7-11(6-9(2)16-12)14(21)20(4)8-13-17-10(3)18-19-13/h6-7H,5,8H2,1-4H3,(H,15,16)(H,17,18,19). The lowest BCUT2D eigenvalue weighted by Crippen LogP contribution is -2.27. The Morgan fingerprint density at radius 3 is 2.71 bits per heavy atom. The van der Waals surface area contributed by atoms with Gasteiger partial charge in [-0.1, -0.05) is 0 Å². The summed E-state index contributed by atoms with van der Waals surface area (Å²) in [5.74, 6) is 1.96. The minimum atomic E-state index is -0.0814. The monoisotopic (exact) mass is 288 g/mol. The van der Waals surface area contributed by atoms with Gasteiger partial charge in [-0.05, 0) is 32.9 Å². The summed E-state index contributed by atoms with van der Waals surface area (Å²) in [4.78, 5) is 22.6. The van der Waals surface area contributed by atoms with Gasteiger partial charge >= 0.3 is 0 Å². The second-order valence-corrected chi connectivity index (χ2v) is 4.91. The van der Waals surface area contributed by atoms with E-state index in [1.807, 2.05) is 20.8 Å². The molecule has 2 aromatic rings. The van der Waals surface area contributed by atoms with Crippen LogP contribution in [-0.2, 0) is 6.54 Å². The highest BCUT2D eigenvalue weighted by atomic mass is 16.2. The minimum absolute atomic E-state index is 0.0814. The van der Waals surface area contributed by atoms with Gasteiger partial charge in [-0.15, -0.1) is 0 Å². The molecule has 21 heavy (non-hydrogen) atoms. The number of hydrogen-bond acceptors (Lipinski definition) is 5. The van der Waals surface area contributed by atoms with Crippen LogP contribution in [0.15, 0.2) is 12.1 Å². The summed E-state index contributed by atoms with van der Waals surface area (Å²) in [5, 5.41) is 9.93. The zero-order valence-corrected chi connectivity index (χ0v) is 12.8. The van der Waals surface area contributed by atoms with E-state index in [1.165, 1.54) is 0 Å². The maximum Gasteiger partial charge on any atom is 0.254 e. The molecule has 0 radical (unpaired) electrons. The Hall–Kier alpha value is -2.44. The SMILES string of the molecule is CCNc1cc(C(=O)N(C)Cc2n[nH]c(C)n2)cc(C)n1. The van der Waals surface area contributed by atoms with Crippen LogP contribution < -0.4 is 5.32 Å². The van der Waals surface area contributed by atoms with Crippen molar-refractivity contribution >= 4 is 11.7 Å². The number of anilines is 1. The molecule has 0 saturated heterocycles. The molecule has 7 heteroatoms. The molecule has 2 heterocycles. The van der Waals surface area contributed by atoms with Gasteiger partial charge in [0.1, 0.15) is 11.6 Å². The van der Waals surface area contributed by atoms with E-state index in [4.69, 9.17) is 0 Å². The number of nitrogens with one attached hydrogen (secondary N) is 2. The largest absolute Gasteiger partial charge is 0.370 e. The van der Waals surface area contributed by atoms with Crippen molar-refractivity contribution in [3.05, 3.63) is 35.0 Å². The second kappa shape index (κ2) is 6.34. The zero-order valence-electron chi connectivity index (χ0n) is 12.8. The van der Waals surface area contributed by atoms with E-state index in [2.05, 4.69) is 25.5 Å². The van der Waals surface area contributed by atoms with Crippen molar-refractivity contribution in [1.29, 1.82) is 0 Å². The maximum atomic E-state index is 12.5. The van der Waals surface area contributed by atoms with E-state index >= 15 is 0 Å². The number of aromatic nitrogens is 4. The molecule has 0 aliphatic heterocycles. The van der Waals surface area contributed by atoms with E-state index in [0.717, 1.165) is 18.1 Å². The van der Waals surface area contributed by atoms with Crippen molar-refractivity contribution in [2.45, 2.75) is 27.3 Å².